The van der Waals surface area contributed by atoms with Gasteiger partial charge in [0, 0.05) is 5.67 Å². The highest BCUT2D eigenvalue weighted by Gasteiger charge is 2.26. The molecule has 0 rings (SSSR count). The molecule has 78 valence electrons. The van der Waals surface area contributed by atoms with Crippen LogP contribution in [0.2, 0.25) is 19.6 Å². The lowest BCUT2D eigenvalue weighted by Crippen LogP contribution is -2.48. The Hall–Kier alpha value is -0.0831. The number of hydrogen-bond acceptors (Lipinski definition) is 1. The minimum absolute atomic E-state index is 0.692. The molecule has 1 atom stereocenters. The first kappa shape index (κ1) is 12.9. The van der Waals surface area contributed by atoms with E-state index in [1.165, 1.54) is 13.0 Å². The Morgan fingerprint density at radius 2 is 1.85 bits per heavy atom. The summed E-state index contributed by atoms with van der Waals surface area (Å²) in [4.78, 5) is 2.49. The minimum atomic E-state index is -1.07. The summed E-state index contributed by atoms with van der Waals surface area (Å²) in [5.74, 6) is 0. The van der Waals surface area contributed by atoms with Gasteiger partial charge < -0.3 is 4.90 Å². The number of allylic oxidation sites excluding steroid dienone is 1. The van der Waals surface area contributed by atoms with Crippen LogP contribution in [-0.2, 0) is 0 Å². The first-order valence-corrected chi connectivity index (χ1v) is 8.84. The monoisotopic (exact) mass is 199 g/mol. The zero-order valence-electron chi connectivity index (χ0n) is 10.1. The lowest BCUT2D eigenvalue weighted by molar-refractivity contribution is 0.334. The largest absolute Gasteiger partial charge is 0.303 e. The molecule has 0 aromatic rings. The summed E-state index contributed by atoms with van der Waals surface area (Å²) >= 11 is 0. The van der Waals surface area contributed by atoms with Gasteiger partial charge in [0.05, 0.1) is 8.07 Å². The van der Waals surface area contributed by atoms with Crippen LogP contribution in [-0.4, -0.2) is 32.2 Å². The average molecular weight is 199 g/mol. The molecular formula is C11H25NSi. The highest BCUT2D eigenvalue weighted by Crippen LogP contribution is 2.15. The zero-order chi connectivity index (χ0) is 10.5. The highest BCUT2D eigenvalue weighted by atomic mass is 28.3. The number of nitrogens with zero attached hydrogens (tertiary/aromatic N) is 1. The summed E-state index contributed by atoms with van der Waals surface area (Å²) in [6.45, 7) is 12.9. The van der Waals surface area contributed by atoms with Crippen LogP contribution < -0.4 is 0 Å². The summed E-state index contributed by atoms with van der Waals surface area (Å²) in [7, 11) is 1.17. The second kappa shape index (κ2) is 5.61. The topological polar surface area (TPSA) is 3.24 Å². The predicted molar refractivity (Wildman–Crippen MR) is 64.9 cm³/mol. The van der Waals surface area contributed by atoms with E-state index in [0.29, 0.717) is 5.67 Å². The van der Waals surface area contributed by atoms with Crippen LogP contribution in [0.3, 0.4) is 0 Å². The Kier molecular flexibility index (Phi) is 5.57. The first-order chi connectivity index (χ1) is 5.93. The van der Waals surface area contributed by atoms with Crippen molar-refractivity contribution in [3.63, 3.8) is 0 Å². The highest BCUT2D eigenvalue weighted by molar-refractivity contribution is 6.78. The third-order valence-electron chi connectivity index (χ3n) is 2.31. The van der Waals surface area contributed by atoms with Gasteiger partial charge in [-0.2, -0.15) is 0 Å². The van der Waals surface area contributed by atoms with Gasteiger partial charge in [-0.3, -0.25) is 0 Å². The van der Waals surface area contributed by atoms with E-state index < -0.39 is 8.07 Å². The fourth-order valence-electron chi connectivity index (χ4n) is 1.77. The summed E-state index contributed by atoms with van der Waals surface area (Å²) in [6.07, 6.45) is 5.80. The summed E-state index contributed by atoms with van der Waals surface area (Å²) < 4.78 is 0. The summed E-state index contributed by atoms with van der Waals surface area (Å²) in [5.41, 5.74) is 0.692. The average Bonchev–Trinajstić information content (AvgIpc) is 1.98. The lowest BCUT2D eigenvalue weighted by atomic mass is 10.4. The molecule has 1 unspecified atom stereocenters. The van der Waals surface area contributed by atoms with Crippen molar-refractivity contribution in [3.8, 4) is 0 Å². The first-order valence-electron chi connectivity index (χ1n) is 5.26. The van der Waals surface area contributed by atoms with Gasteiger partial charge in [0.2, 0.25) is 0 Å². The second-order valence-corrected chi connectivity index (χ2v) is 10.1. The fourth-order valence-corrected chi connectivity index (χ4v) is 3.99. The van der Waals surface area contributed by atoms with Gasteiger partial charge in [-0.15, -0.1) is 0 Å². The standard InChI is InChI=1S/C11H25NSi/c1-7-9-11(13(4,5)6)12(3)10-8-2/h7,9,11H,8,10H2,1-6H3. The molecule has 13 heavy (non-hydrogen) atoms. The van der Waals surface area contributed by atoms with Crippen molar-refractivity contribution in [2.24, 2.45) is 0 Å². The van der Waals surface area contributed by atoms with E-state index >= 15 is 0 Å². The molecule has 1 nitrogen and oxygen atoms in total. The molecule has 0 amide bonds. The van der Waals surface area contributed by atoms with Gasteiger partial charge in [0.25, 0.3) is 0 Å². The predicted octanol–water partition coefficient (Wildman–Crippen LogP) is 3.15. The van der Waals surface area contributed by atoms with E-state index in [4.69, 9.17) is 0 Å². The van der Waals surface area contributed by atoms with E-state index in [2.05, 4.69) is 57.6 Å². The molecule has 0 heterocycles. The third kappa shape index (κ3) is 4.63. The van der Waals surface area contributed by atoms with Crippen LogP contribution in [0.25, 0.3) is 0 Å². The van der Waals surface area contributed by atoms with Crippen molar-refractivity contribution in [1.29, 1.82) is 0 Å². The van der Waals surface area contributed by atoms with E-state index in [-0.39, 0.29) is 0 Å². The molecule has 0 radical (unpaired) electrons. The molecule has 0 N–H and O–H groups in total. The molecule has 2 heteroatoms. The Labute approximate surface area is 84.8 Å². The Balaban J connectivity index is 4.41. The lowest BCUT2D eigenvalue weighted by Gasteiger charge is -2.34. The van der Waals surface area contributed by atoms with Gasteiger partial charge in [-0.25, -0.2) is 0 Å². The van der Waals surface area contributed by atoms with Crippen LogP contribution >= 0.6 is 0 Å². The maximum absolute atomic E-state index is 2.49. The van der Waals surface area contributed by atoms with Gasteiger partial charge >= 0.3 is 0 Å². The Morgan fingerprint density at radius 3 is 2.15 bits per heavy atom. The van der Waals surface area contributed by atoms with Crippen molar-refractivity contribution < 1.29 is 0 Å². The maximum atomic E-state index is 2.49. The quantitative estimate of drug-likeness (QED) is 0.486. The number of hydrogen-bond donors (Lipinski definition) is 0. The van der Waals surface area contributed by atoms with Crippen LogP contribution in [0, 0.1) is 0 Å². The van der Waals surface area contributed by atoms with Crippen molar-refractivity contribution in [2.75, 3.05) is 13.6 Å². The molecule has 0 aromatic carbocycles. The maximum Gasteiger partial charge on any atom is 0.0686 e. The molecule has 0 fully saturated rings. The molecule has 0 aromatic heterocycles. The van der Waals surface area contributed by atoms with Crippen LogP contribution in [0.15, 0.2) is 12.2 Å². The van der Waals surface area contributed by atoms with E-state index in [9.17, 15) is 0 Å². The van der Waals surface area contributed by atoms with Crippen molar-refractivity contribution >= 4 is 8.07 Å². The van der Waals surface area contributed by atoms with Gasteiger partial charge in [-0.1, -0.05) is 38.7 Å². The molecule has 0 aliphatic heterocycles. The normalized spacial score (nSPS) is 15.6. The van der Waals surface area contributed by atoms with Crippen LogP contribution in [0.1, 0.15) is 20.3 Å². The molecule has 0 saturated heterocycles. The van der Waals surface area contributed by atoms with Crippen LogP contribution in [0.4, 0.5) is 0 Å². The van der Waals surface area contributed by atoms with Crippen molar-refractivity contribution in [2.45, 2.75) is 45.6 Å². The second-order valence-electron chi connectivity index (χ2n) is 4.82. The Bertz CT molecular complexity index is 158. The fraction of sp³-hybridized carbons (Fsp3) is 0.818. The molecule has 0 bridgehead atoms. The zero-order valence-corrected chi connectivity index (χ0v) is 11.1. The van der Waals surface area contributed by atoms with Gasteiger partial charge in [0.15, 0.2) is 0 Å². The number of likely N-dealkylation sites (N-methyl/N-ethyl adjacent to an activating group) is 1. The van der Waals surface area contributed by atoms with E-state index in [1.54, 1.807) is 0 Å². The summed E-state index contributed by atoms with van der Waals surface area (Å²) in [6, 6.07) is 0. The number of rotatable bonds is 5. The molecular weight excluding hydrogens is 174 g/mol. The molecule has 0 spiro atoms. The SMILES string of the molecule is CC=CC(N(C)CCC)[Si](C)(C)C. The summed E-state index contributed by atoms with van der Waals surface area (Å²) in [5, 5.41) is 0. The molecule has 0 aliphatic carbocycles. The molecule has 0 saturated carbocycles. The third-order valence-corrected chi connectivity index (χ3v) is 4.72. The smallest absolute Gasteiger partial charge is 0.0686 e. The Morgan fingerprint density at radius 1 is 1.31 bits per heavy atom. The van der Waals surface area contributed by atoms with E-state index in [1.807, 2.05) is 0 Å². The minimum Gasteiger partial charge on any atom is -0.303 e. The van der Waals surface area contributed by atoms with Crippen molar-refractivity contribution in [3.05, 3.63) is 12.2 Å². The van der Waals surface area contributed by atoms with Gasteiger partial charge in [-0.05, 0) is 26.9 Å². The van der Waals surface area contributed by atoms with Gasteiger partial charge in [0.1, 0.15) is 0 Å². The molecule has 0 aliphatic rings. The van der Waals surface area contributed by atoms with Crippen molar-refractivity contribution in [1.82, 2.24) is 4.90 Å². The van der Waals surface area contributed by atoms with E-state index in [0.717, 1.165) is 0 Å². The van der Waals surface area contributed by atoms with Crippen LogP contribution in [0.5, 0.6) is 0 Å².